The van der Waals surface area contributed by atoms with E-state index in [1.165, 1.54) is 0 Å². The molecule has 4 atom stereocenters. The first kappa shape index (κ1) is 27.4. The number of aromatic hydroxyl groups is 1. The summed E-state index contributed by atoms with van der Waals surface area (Å²) in [4.78, 5) is 22.7. The zero-order valence-electron chi connectivity index (χ0n) is 22.2. The minimum atomic E-state index is -0.862. The molecule has 5 rings (SSSR count). The average Bonchev–Trinajstić information content (AvgIpc) is 3.54. The standard InChI is InChI=1S/C32H33N3O5/c1-21(37)31-28(20-36)30(32(39)33-16-15-25-18-34-29-8-3-2-7-27(25)29)35(40-31)19-24-13-10-22(11-14-24)9-12-23-5-4-6-26(38)17-23/h2-8,10-11,13-14,17-18,21,28,30-31,34,36-38H,15-16,19-20H2,1H3,(H,33,39)/t21?,28-,30-,31?/m0/s1. The van der Waals surface area contributed by atoms with Crippen molar-refractivity contribution in [1.82, 2.24) is 15.4 Å². The van der Waals surface area contributed by atoms with E-state index >= 15 is 0 Å². The SMILES string of the molecule is CC(O)C1ON(Cc2ccc(C#Cc3cccc(O)c3)cc2)[C@H](C(=O)NCCc2c[nH]c3ccccc23)[C@@H]1CO. The van der Waals surface area contributed by atoms with Gasteiger partial charge in [0.25, 0.3) is 0 Å². The minimum Gasteiger partial charge on any atom is -0.508 e. The number of phenolic OH excluding ortho intramolecular Hbond substituents is 1. The van der Waals surface area contributed by atoms with Crippen LogP contribution >= 0.6 is 0 Å². The van der Waals surface area contributed by atoms with Gasteiger partial charge >= 0.3 is 0 Å². The van der Waals surface area contributed by atoms with Crippen molar-refractivity contribution in [2.24, 2.45) is 5.92 Å². The van der Waals surface area contributed by atoms with Crippen LogP contribution in [0.25, 0.3) is 10.9 Å². The van der Waals surface area contributed by atoms with Gasteiger partial charge in [-0.2, -0.15) is 5.06 Å². The van der Waals surface area contributed by atoms with Crippen LogP contribution in [-0.2, 0) is 22.6 Å². The number of aliphatic hydroxyl groups is 2. The molecule has 8 heteroatoms. The van der Waals surface area contributed by atoms with Crippen LogP contribution in [0.4, 0.5) is 0 Å². The molecule has 4 aromatic rings. The molecule has 1 aliphatic rings. The molecule has 5 N–H and O–H groups in total. The molecular formula is C32H33N3O5. The third-order valence-corrected chi connectivity index (χ3v) is 7.21. The Morgan fingerprint density at radius 3 is 2.60 bits per heavy atom. The molecule has 1 saturated heterocycles. The highest BCUT2D eigenvalue weighted by Crippen LogP contribution is 2.31. The van der Waals surface area contributed by atoms with Gasteiger partial charge in [-0.1, -0.05) is 48.2 Å². The third kappa shape index (κ3) is 6.19. The van der Waals surface area contributed by atoms with E-state index in [0.29, 0.717) is 25.1 Å². The van der Waals surface area contributed by atoms with Gasteiger partial charge in [0, 0.05) is 40.7 Å². The van der Waals surface area contributed by atoms with Crippen LogP contribution in [0.15, 0.2) is 79.0 Å². The van der Waals surface area contributed by atoms with Crippen molar-refractivity contribution in [3.8, 4) is 17.6 Å². The molecule has 0 spiro atoms. The normalized spacial score (nSPS) is 19.7. The van der Waals surface area contributed by atoms with Crippen molar-refractivity contribution in [2.75, 3.05) is 13.2 Å². The smallest absolute Gasteiger partial charge is 0.240 e. The summed E-state index contributed by atoms with van der Waals surface area (Å²) in [5, 5.41) is 35.8. The molecule has 1 fully saturated rings. The summed E-state index contributed by atoms with van der Waals surface area (Å²) in [7, 11) is 0. The molecule has 2 heterocycles. The fourth-order valence-corrected chi connectivity index (χ4v) is 5.17. The van der Waals surface area contributed by atoms with E-state index in [9.17, 15) is 20.1 Å². The lowest BCUT2D eigenvalue weighted by molar-refractivity contribution is -0.192. The van der Waals surface area contributed by atoms with E-state index in [1.807, 2.05) is 60.8 Å². The predicted octanol–water partition coefficient (Wildman–Crippen LogP) is 3.11. The van der Waals surface area contributed by atoms with Crippen LogP contribution in [0.2, 0.25) is 0 Å². The largest absolute Gasteiger partial charge is 0.508 e. The Hall–Kier alpha value is -4.13. The van der Waals surface area contributed by atoms with Gasteiger partial charge in [-0.15, -0.1) is 0 Å². The number of H-pyrrole nitrogens is 1. The van der Waals surface area contributed by atoms with Gasteiger partial charge in [-0.05, 0) is 60.9 Å². The van der Waals surface area contributed by atoms with Gasteiger partial charge in [-0.25, -0.2) is 0 Å². The molecule has 2 unspecified atom stereocenters. The molecule has 1 amide bonds. The van der Waals surface area contributed by atoms with Gasteiger partial charge in [0.15, 0.2) is 0 Å². The summed E-state index contributed by atoms with van der Waals surface area (Å²) in [6.45, 7) is 2.02. The summed E-state index contributed by atoms with van der Waals surface area (Å²) >= 11 is 0. The summed E-state index contributed by atoms with van der Waals surface area (Å²) in [6.07, 6.45) is 1.04. The summed E-state index contributed by atoms with van der Waals surface area (Å²) in [5.74, 6) is 5.44. The van der Waals surface area contributed by atoms with Crippen LogP contribution in [0, 0.1) is 17.8 Å². The fourth-order valence-electron chi connectivity index (χ4n) is 5.17. The first-order valence-corrected chi connectivity index (χ1v) is 13.4. The monoisotopic (exact) mass is 539 g/mol. The van der Waals surface area contributed by atoms with Gasteiger partial charge in [0.1, 0.15) is 17.9 Å². The number of para-hydroxylation sites is 1. The lowest BCUT2D eigenvalue weighted by Crippen LogP contribution is -2.48. The Balaban J connectivity index is 1.26. The van der Waals surface area contributed by atoms with Gasteiger partial charge in [0.2, 0.25) is 5.91 Å². The Bertz CT molecular complexity index is 1520. The van der Waals surface area contributed by atoms with Crippen molar-refractivity contribution in [3.63, 3.8) is 0 Å². The highest BCUT2D eigenvalue weighted by molar-refractivity contribution is 5.84. The summed E-state index contributed by atoms with van der Waals surface area (Å²) in [5.41, 5.74) is 4.57. The number of aliphatic hydroxyl groups excluding tert-OH is 2. The summed E-state index contributed by atoms with van der Waals surface area (Å²) in [6, 6.07) is 21.6. The van der Waals surface area contributed by atoms with E-state index < -0.39 is 24.2 Å². The molecule has 0 radical (unpaired) electrons. The first-order valence-electron chi connectivity index (χ1n) is 13.4. The first-order chi connectivity index (χ1) is 19.4. The van der Waals surface area contributed by atoms with Crippen LogP contribution in [0.3, 0.4) is 0 Å². The number of nitrogens with zero attached hydrogens (tertiary/aromatic N) is 1. The van der Waals surface area contributed by atoms with Crippen molar-refractivity contribution < 1.29 is 25.0 Å². The number of aromatic amines is 1. The van der Waals surface area contributed by atoms with Crippen LogP contribution < -0.4 is 5.32 Å². The molecule has 1 aromatic heterocycles. The van der Waals surface area contributed by atoms with Crippen molar-refractivity contribution in [3.05, 3.63) is 101 Å². The highest BCUT2D eigenvalue weighted by Gasteiger charge is 2.48. The van der Waals surface area contributed by atoms with E-state index in [-0.39, 0.29) is 18.3 Å². The number of hydrogen-bond donors (Lipinski definition) is 5. The number of phenols is 1. The van der Waals surface area contributed by atoms with Crippen LogP contribution in [0.1, 0.15) is 29.2 Å². The molecule has 8 nitrogen and oxygen atoms in total. The average molecular weight is 540 g/mol. The lowest BCUT2D eigenvalue weighted by atomic mass is 9.92. The fraction of sp³-hybridized carbons (Fsp3) is 0.281. The Labute approximate surface area is 233 Å². The van der Waals surface area contributed by atoms with E-state index in [0.717, 1.165) is 27.6 Å². The molecule has 206 valence electrons. The topological polar surface area (TPSA) is 118 Å². The van der Waals surface area contributed by atoms with Crippen LogP contribution in [0.5, 0.6) is 5.75 Å². The minimum absolute atomic E-state index is 0.168. The molecule has 3 aromatic carbocycles. The number of hydroxylamine groups is 2. The van der Waals surface area contributed by atoms with Crippen LogP contribution in [-0.4, -0.2) is 62.7 Å². The Morgan fingerprint density at radius 1 is 1.07 bits per heavy atom. The van der Waals surface area contributed by atoms with Crippen molar-refractivity contribution in [1.29, 1.82) is 0 Å². The second-order valence-electron chi connectivity index (χ2n) is 10.1. The lowest BCUT2D eigenvalue weighted by Gasteiger charge is -2.24. The summed E-state index contributed by atoms with van der Waals surface area (Å²) < 4.78 is 0. The maximum absolute atomic E-state index is 13.4. The zero-order chi connectivity index (χ0) is 28.1. The molecule has 40 heavy (non-hydrogen) atoms. The predicted molar refractivity (Wildman–Crippen MR) is 152 cm³/mol. The Morgan fingerprint density at radius 2 is 1.85 bits per heavy atom. The number of amides is 1. The number of aromatic nitrogens is 1. The molecular weight excluding hydrogens is 506 g/mol. The zero-order valence-corrected chi connectivity index (χ0v) is 22.2. The van der Waals surface area contributed by atoms with Gasteiger partial charge in [-0.3, -0.25) is 9.63 Å². The van der Waals surface area contributed by atoms with E-state index in [2.05, 4.69) is 22.1 Å². The number of fused-ring (bicyclic) bond motifs is 1. The number of carbonyl (C=O) groups excluding carboxylic acids is 1. The number of carbonyl (C=O) groups is 1. The van der Waals surface area contributed by atoms with Gasteiger partial charge < -0.3 is 25.6 Å². The van der Waals surface area contributed by atoms with Crippen molar-refractivity contribution >= 4 is 16.8 Å². The Kier molecular flexibility index (Phi) is 8.48. The second kappa shape index (κ2) is 12.4. The third-order valence-electron chi connectivity index (χ3n) is 7.21. The molecule has 1 aliphatic heterocycles. The number of rotatable bonds is 8. The van der Waals surface area contributed by atoms with Gasteiger partial charge in [0.05, 0.1) is 19.3 Å². The maximum Gasteiger partial charge on any atom is 0.240 e. The van der Waals surface area contributed by atoms with E-state index in [1.54, 1.807) is 30.2 Å². The quantitative estimate of drug-likeness (QED) is 0.220. The second-order valence-corrected chi connectivity index (χ2v) is 10.1. The van der Waals surface area contributed by atoms with E-state index in [4.69, 9.17) is 4.84 Å². The number of nitrogens with one attached hydrogen (secondary N) is 2. The molecule has 0 aliphatic carbocycles. The highest BCUT2D eigenvalue weighted by atomic mass is 16.7. The number of hydrogen-bond acceptors (Lipinski definition) is 6. The number of benzene rings is 3. The maximum atomic E-state index is 13.4. The van der Waals surface area contributed by atoms with Crippen molar-refractivity contribution in [2.45, 2.75) is 38.1 Å². The molecule has 0 bridgehead atoms. The molecule has 0 saturated carbocycles.